The van der Waals surface area contributed by atoms with Crippen LogP contribution in [-0.4, -0.2) is 7.11 Å². The standard InChI is InChI=1S/C13H11IO/c1-15-13-8-4-11(5-9-13)10-2-6-12(14)7-3-10/h2-9H,1H3. The van der Waals surface area contributed by atoms with Gasteiger partial charge in [-0.15, -0.1) is 0 Å². The molecule has 0 aromatic heterocycles. The van der Waals surface area contributed by atoms with Gasteiger partial charge in [0.25, 0.3) is 0 Å². The Morgan fingerprint density at radius 3 is 1.73 bits per heavy atom. The third-order valence-corrected chi connectivity index (χ3v) is 2.99. The van der Waals surface area contributed by atoms with Gasteiger partial charge in [-0.3, -0.25) is 0 Å². The van der Waals surface area contributed by atoms with Crippen LogP contribution in [0.15, 0.2) is 48.5 Å². The summed E-state index contributed by atoms with van der Waals surface area (Å²) in [5.41, 5.74) is 2.45. The van der Waals surface area contributed by atoms with Crippen molar-refractivity contribution in [3.8, 4) is 16.9 Å². The minimum absolute atomic E-state index is 0.893. The summed E-state index contributed by atoms with van der Waals surface area (Å²) in [4.78, 5) is 0. The van der Waals surface area contributed by atoms with Crippen molar-refractivity contribution in [1.82, 2.24) is 0 Å². The maximum Gasteiger partial charge on any atom is 0.118 e. The molecule has 0 radical (unpaired) electrons. The third kappa shape index (κ3) is 2.50. The first-order valence-corrected chi connectivity index (χ1v) is 5.77. The average molecular weight is 310 g/mol. The summed E-state index contributed by atoms with van der Waals surface area (Å²) in [6, 6.07) is 16.6. The fourth-order valence-electron chi connectivity index (χ4n) is 1.43. The SMILES string of the molecule is COc1ccc(-c2ccc(I)cc2)cc1. The Bertz CT molecular complexity index is 431. The lowest BCUT2D eigenvalue weighted by molar-refractivity contribution is 0.415. The van der Waals surface area contributed by atoms with E-state index in [2.05, 4.69) is 59.0 Å². The molecule has 0 unspecified atom stereocenters. The van der Waals surface area contributed by atoms with Crippen LogP contribution in [0.2, 0.25) is 0 Å². The molecule has 0 aliphatic rings. The predicted octanol–water partition coefficient (Wildman–Crippen LogP) is 3.97. The van der Waals surface area contributed by atoms with Crippen LogP contribution in [0.25, 0.3) is 11.1 Å². The maximum atomic E-state index is 5.12. The number of hydrogen-bond donors (Lipinski definition) is 0. The van der Waals surface area contributed by atoms with E-state index in [1.807, 2.05) is 12.1 Å². The molecule has 0 aliphatic heterocycles. The van der Waals surface area contributed by atoms with E-state index >= 15 is 0 Å². The highest BCUT2D eigenvalue weighted by atomic mass is 127. The molecule has 0 saturated carbocycles. The van der Waals surface area contributed by atoms with Crippen LogP contribution in [0, 0.1) is 3.57 Å². The van der Waals surface area contributed by atoms with Crippen LogP contribution >= 0.6 is 22.6 Å². The van der Waals surface area contributed by atoms with Gasteiger partial charge in [-0.1, -0.05) is 24.3 Å². The van der Waals surface area contributed by atoms with Crippen LogP contribution in [0.4, 0.5) is 0 Å². The van der Waals surface area contributed by atoms with Crippen molar-refractivity contribution >= 4 is 22.6 Å². The minimum Gasteiger partial charge on any atom is -0.497 e. The summed E-state index contributed by atoms with van der Waals surface area (Å²) < 4.78 is 6.38. The Hall–Kier alpha value is -1.03. The van der Waals surface area contributed by atoms with Crippen molar-refractivity contribution in [2.45, 2.75) is 0 Å². The molecule has 0 bridgehead atoms. The van der Waals surface area contributed by atoms with Crippen molar-refractivity contribution in [3.63, 3.8) is 0 Å². The number of ether oxygens (including phenoxy) is 1. The zero-order chi connectivity index (χ0) is 10.7. The third-order valence-electron chi connectivity index (χ3n) is 2.27. The highest BCUT2D eigenvalue weighted by Gasteiger charge is 1.97. The molecule has 0 aliphatic carbocycles. The van der Waals surface area contributed by atoms with E-state index in [1.54, 1.807) is 7.11 Å². The molecular weight excluding hydrogens is 299 g/mol. The maximum absolute atomic E-state index is 5.12. The molecule has 0 atom stereocenters. The molecule has 2 rings (SSSR count). The second-order valence-electron chi connectivity index (χ2n) is 3.24. The normalized spacial score (nSPS) is 10.0. The first-order chi connectivity index (χ1) is 7.29. The molecule has 1 nitrogen and oxygen atoms in total. The van der Waals surface area contributed by atoms with Gasteiger partial charge in [0.1, 0.15) is 5.75 Å². The Kier molecular flexibility index (Phi) is 3.26. The molecule has 2 heteroatoms. The van der Waals surface area contributed by atoms with Gasteiger partial charge < -0.3 is 4.74 Å². The van der Waals surface area contributed by atoms with Crippen molar-refractivity contribution in [2.75, 3.05) is 7.11 Å². The molecular formula is C13H11IO. The number of halogens is 1. The lowest BCUT2D eigenvalue weighted by atomic mass is 10.1. The van der Waals surface area contributed by atoms with E-state index in [-0.39, 0.29) is 0 Å². The molecule has 0 spiro atoms. The molecule has 76 valence electrons. The van der Waals surface area contributed by atoms with Crippen LogP contribution in [0.3, 0.4) is 0 Å². The summed E-state index contributed by atoms with van der Waals surface area (Å²) in [6.45, 7) is 0. The molecule has 0 amide bonds. The molecule has 2 aromatic rings. The zero-order valence-electron chi connectivity index (χ0n) is 8.41. The van der Waals surface area contributed by atoms with Gasteiger partial charge in [0.2, 0.25) is 0 Å². The van der Waals surface area contributed by atoms with Gasteiger partial charge in [-0.05, 0) is 58.0 Å². The van der Waals surface area contributed by atoms with Crippen LogP contribution in [0.1, 0.15) is 0 Å². The van der Waals surface area contributed by atoms with Gasteiger partial charge in [0.05, 0.1) is 7.11 Å². The summed E-state index contributed by atoms with van der Waals surface area (Å²) in [6.07, 6.45) is 0. The van der Waals surface area contributed by atoms with E-state index in [0.29, 0.717) is 0 Å². The molecule has 0 saturated heterocycles. The van der Waals surface area contributed by atoms with Crippen LogP contribution < -0.4 is 4.74 Å². The minimum atomic E-state index is 0.893. The fourth-order valence-corrected chi connectivity index (χ4v) is 1.79. The largest absolute Gasteiger partial charge is 0.497 e. The summed E-state index contributed by atoms with van der Waals surface area (Å²) in [7, 11) is 1.68. The predicted molar refractivity (Wildman–Crippen MR) is 71.1 cm³/mol. The average Bonchev–Trinajstić information content (AvgIpc) is 2.30. The number of methoxy groups -OCH3 is 1. The summed E-state index contributed by atoms with van der Waals surface area (Å²) >= 11 is 2.31. The first kappa shape index (κ1) is 10.5. The number of benzene rings is 2. The van der Waals surface area contributed by atoms with Gasteiger partial charge in [-0.2, -0.15) is 0 Å². The van der Waals surface area contributed by atoms with E-state index in [0.717, 1.165) is 5.75 Å². The van der Waals surface area contributed by atoms with Crippen molar-refractivity contribution < 1.29 is 4.74 Å². The fraction of sp³-hybridized carbons (Fsp3) is 0.0769. The summed E-state index contributed by atoms with van der Waals surface area (Å²) in [5.74, 6) is 0.893. The van der Waals surface area contributed by atoms with Gasteiger partial charge in [0.15, 0.2) is 0 Å². The highest BCUT2D eigenvalue weighted by Crippen LogP contribution is 2.22. The Morgan fingerprint density at radius 2 is 1.27 bits per heavy atom. The zero-order valence-corrected chi connectivity index (χ0v) is 10.6. The first-order valence-electron chi connectivity index (χ1n) is 4.69. The van der Waals surface area contributed by atoms with Gasteiger partial charge >= 0.3 is 0 Å². The van der Waals surface area contributed by atoms with Crippen LogP contribution in [-0.2, 0) is 0 Å². The monoisotopic (exact) mass is 310 g/mol. The smallest absolute Gasteiger partial charge is 0.118 e. The number of hydrogen-bond acceptors (Lipinski definition) is 1. The second-order valence-corrected chi connectivity index (χ2v) is 4.48. The van der Waals surface area contributed by atoms with E-state index in [9.17, 15) is 0 Å². The van der Waals surface area contributed by atoms with Gasteiger partial charge in [0, 0.05) is 3.57 Å². The lowest BCUT2D eigenvalue weighted by Crippen LogP contribution is -1.82. The molecule has 0 fully saturated rings. The summed E-state index contributed by atoms with van der Waals surface area (Å²) in [5, 5.41) is 0. The van der Waals surface area contributed by atoms with Gasteiger partial charge in [-0.25, -0.2) is 0 Å². The molecule has 0 heterocycles. The molecule has 15 heavy (non-hydrogen) atoms. The topological polar surface area (TPSA) is 9.23 Å². The van der Waals surface area contributed by atoms with Crippen molar-refractivity contribution in [3.05, 3.63) is 52.1 Å². The van der Waals surface area contributed by atoms with E-state index < -0.39 is 0 Å². The lowest BCUT2D eigenvalue weighted by Gasteiger charge is -2.03. The van der Waals surface area contributed by atoms with E-state index in [4.69, 9.17) is 4.74 Å². The van der Waals surface area contributed by atoms with Crippen molar-refractivity contribution in [1.29, 1.82) is 0 Å². The quantitative estimate of drug-likeness (QED) is 0.763. The van der Waals surface area contributed by atoms with Crippen molar-refractivity contribution in [2.24, 2.45) is 0 Å². The second kappa shape index (κ2) is 4.66. The Labute approximate surface area is 103 Å². The van der Waals surface area contributed by atoms with Crippen LogP contribution in [0.5, 0.6) is 5.75 Å². The molecule has 0 N–H and O–H groups in total. The Morgan fingerprint density at radius 1 is 0.800 bits per heavy atom. The number of rotatable bonds is 2. The van der Waals surface area contributed by atoms with E-state index in [1.165, 1.54) is 14.7 Å². The highest BCUT2D eigenvalue weighted by molar-refractivity contribution is 14.1. The molecule has 2 aromatic carbocycles. The Balaban J connectivity index is 2.33.